The summed E-state index contributed by atoms with van der Waals surface area (Å²) < 4.78 is 0. The van der Waals surface area contributed by atoms with Crippen LogP contribution in [0.5, 0.6) is 0 Å². The van der Waals surface area contributed by atoms with E-state index in [9.17, 15) is 0 Å². The van der Waals surface area contributed by atoms with E-state index >= 15 is 0 Å². The smallest absolute Gasteiger partial charge is 0.316 e. The quantitative estimate of drug-likeness (QED) is 0.464. The predicted molar refractivity (Wildman–Crippen MR) is 42.0 cm³/mol. The zero-order chi connectivity index (χ0) is 7.56. The van der Waals surface area contributed by atoms with Crippen LogP contribution >= 0.6 is 0 Å². The Labute approximate surface area is 62.9 Å². The first-order valence-electron chi connectivity index (χ1n) is 3.79. The molecule has 3 nitrogen and oxygen atoms in total. The van der Waals surface area contributed by atoms with Crippen LogP contribution in [0.1, 0.15) is 13.3 Å². The Morgan fingerprint density at radius 3 is 2.70 bits per heavy atom. The first-order chi connectivity index (χ1) is 4.70. The van der Waals surface area contributed by atoms with Crippen LogP contribution < -0.4 is 5.32 Å². The van der Waals surface area contributed by atoms with Gasteiger partial charge in [0.15, 0.2) is 0 Å². The van der Waals surface area contributed by atoms with Crippen molar-refractivity contribution in [2.45, 2.75) is 25.4 Å². The summed E-state index contributed by atoms with van der Waals surface area (Å²) in [6.07, 6.45) is 1.10. The third kappa shape index (κ3) is 2.05. The first-order valence-corrected chi connectivity index (χ1v) is 5.64. The van der Waals surface area contributed by atoms with Crippen LogP contribution in [0.2, 0.25) is 6.04 Å². The molecule has 1 rings (SSSR count). The van der Waals surface area contributed by atoms with Crippen molar-refractivity contribution < 1.29 is 9.59 Å². The van der Waals surface area contributed by atoms with Gasteiger partial charge in [-0.25, -0.2) is 0 Å². The number of hydrogen-bond acceptors (Lipinski definition) is 3. The zero-order valence-electron chi connectivity index (χ0n) is 6.25. The summed E-state index contributed by atoms with van der Waals surface area (Å²) in [6.45, 7) is 3.14. The van der Waals surface area contributed by atoms with E-state index in [4.69, 9.17) is 9.59 Å². The lowest BCUT2D eigenvalue weighted by atomic mass is 10.1. The van der Waals surface area contributed by atoms with Crippen molar-refractivity contribution in [2.24, 2.45) is 5.92 Å². The van der Waals surface area contributed by atoms with Gasteiger partial charge in [-0.3, -0.25) is 0 Å². The third-order valence-corrected chi connectivity index (χ3v) is 3.23. The lowest BCUT2D eigenvalue weighted by molar-refractivity contribution is 0.378. The molecular formula is C6H15NO2Si. The molecule has 0 aromatic carbocycles. The highest BCUT2D eigenvalue weighted by Crippen LogP contribution is 2.19. The van der Waals surface area contributed by atoms with Gasteiger partial charge in [0.1, 0.15) is 0 Å². The van der Waals surface area contributed by atoms with E-state index < -0.39 is 9.28 Å². The minimum absolute atomic E-state index is 0.481. The van der Waals surface area contributed by atoms with Crippen molar-refractivity contribution in [3.63, 3.8) is 0 Å². The van der Waals surface area contributed by atoms with Gasteiger partial charge < -0.3 is 14.9 Å². The standard InChI is InChI=1S/C6H15NO2Si/c1-5-6(2-3-7-5)4-10(8)9/h5-10H,2-4H2,1H3. The molecule has 1 fully saturated rings. The normalized spacial score (nSPS) is 33.6. The van der Waals surface area contributed by atoms with Crippen molar-refractivity contribution >= 4 is 9.28 Å². The highest BCUT2D eigenvalue weighted by molar-refractivity contribution is 6.41. The molecule has 0 saturated carbocycles. The molecular weight excluding hydrogens is 146 g/mol. The van der Waals surface area contributed by atoms with Gasteiger partial charge in [-0.2, -0.15) is 0 Å². The second-order valence-electron chi connectivity index (χ2n) is 3.01. The molecule has 0 spiro atoms. The molecule has 2 unspecified atom stereocenters. The fourth-order valence-electron chi connectivity index (χ4n) is 1.51. The Bertz CT molecular complexity index is 110. The van der Waals surface area contributed by atoms with Gasteiger partial charge >= 0.3 is 9.28 Å². The largest absolute Gasteiger partial charge is 0.413 e. The van der Waals surface area contributed by atoms with Gasteiger partial charge in [-0.15, -0.1) is 0 Å². The molecule has 3 N–H and O–H groups in total. The maximum absolute atomic E-state index is 8.80. The predicted octanol–water partition coefficient (Wildman–Crippen LogP) is -0.810. The minimum atomic E-state index is -2.30. The molecule has 0 aromatic rings. The topological polar surface area (TPSA) is 52.5 Å². The Hall–Kier alpha value is 0.0969. The van der Waals surface area contributed by atoms with E-state index in [1.165, 1.54) is 0 Å². The molecule has 60 valence electrons. The Balaban J connectivity index is 2.26. The van der Waals surface area contributed by atoms with E-state index in [0.29, 0.717) is 18.0 Å². The van der Waals surface area contributed by atoms with E-state index in [-0.39, 0.29) is 0 Å². The van der Waals surface area contributed by atoms with Crippen LogP contribution in [0.4, 0.5) is 0 Å². The molecule has 10 heavy (non-hydrogen) atoms. The lowest BCUT2D eigenvalue weighted by Gasteiger charge is -2.13. The van der Waals surface area contributed by atoms with Gasteiger partial charge in [0.05, 0.1) is 0 Å². The van der Waals surface area contributed by atoms with Gasteiger partial charge in [0, 0.05) is 6.04 Å². The first kappa shape index (κ1) is 8.20. The maximum atomic E-state index is 8.80. The molecule has 0 aromatic heterocycles. The summed E-state index contributed by atoms with van der Waals surface area (Å²) >= 11 is 0. The Morgan fingerprint density at radius 2 is 2.30 bits per heavy atom. The fourth-order valence-corrected chi connectivity index (χ4v) is 2.69. The second-order valence-corrected chi connectivity index (χ2v) is 4.44. The average molecular weight is 161 g/mol. The van der Waals surface area contributed by atoms with Crippen LogP contribution in [0.25, 0.3) is 0 Å². The number of hydrogen-bond donors (Lipinski definition) is 3. The van der Waals surface area contributed by atoms with Gasteiger partial charge in [-0.1, -0.05) is 0 Å². The molecule has 0 aliphatic carbocycles. The van der Waals surface area contributed by atoms with Crippen molar-refractivity contribution in [2.75, 3.05) is 6.54 Å². The Kier molecular flexibility index (Phi) is 2.85. The van der Waals surface area contributed by atoms with Crippen LogP contribution in [0.3, 0.4) is 0 Å². The third-order valence-electron chi connectivity index (χ3n) is 2.20. The van der Waals surface area contributed by atoms with Crippen LogP contribution in [0, 0.1) is 5.92 Å². The van der Waals surface area contributed by atoms with E-state index in [1.807, 2.05) is 0 Å². The fraction of sp³-hybridized carbons (Fsp3) is 1.00. The average Bonchev–Trinajstić information content (AvgIpc) is 2.15. The van der Waals surface area contributed by atoms with Crippen molar-refractivity contribution in [3.8, 4) is 0 Å². The highest BCUT2D eigenvalue weighted by atomic mass is 28.3. The summed E-state index contributed by atoms with van der Waals surface area (Å²) in [5.74, 6) is 0.506. The molecule has 1 saturated heterocycles. The van der Waals surface area contributed by atoms with Crippen molar-refractivity contribution in [3.05, 3.63) is 0 Å². The molecule has 4 heteroatoms. The molecule has 0 amide bonds. The number of nitrogens with one attached hydrogen (secondary N) is 1. The molecule has 1 heterocycles. The molecule has 0 bridgehead atoms. The molecule has 2 atom stereocenters. The molecule has 0 radical (unpaired) electrons. The van der Waals surface area contributed by atoms with E-state index in [1.54, 1.807) is 0 Å². The van der Waals surface area contributed by atoms with Crippen LogP contribution in [-0.4, -0.2) is 31.5 Å². The zero-order valence-corrected chi connectivity index (χ0v) is 7.40. The maximum Gasteiger partial charge on any atom is 0.316 e. The SMILES string of the molecule is CC1NCCC1C[SiH](O)O. The van der Waals surface area contributed by atoms with Crippen LogP contribution in [-0.2, 0) is 0 Å². The van der Waals surface area contributed by atoms with Crippen molar-refractivity contribution in [1.29, 1.82) is 0 Å². The highest BCUT2D eigenvalue weighted by Gasteiger charge is 2.25. The summed E-state index contributed by atoms with van der Waals surface area (Å²) in [6, 6.07) is 1.13. The monoisotopic (exact) mass is 161 g/mol. The Morgan fingerprint density at radius 1 is 1.60 bits per heavy atom. The van der Waals surface area contributed by atoms with Gasteiger partial charge in [0.25, 0.3) is 0 Å². The molecule has 1 aliphatic rings. The summed E-state index contributed by atoms with van der Waals surface area (Å²) in [5.41, 5.74) is 0. The molecule has 1 aliphatic heterocycles. The summed E-state index contributed by atoms with van der Waals surface area (Å²) in [4.78, 5) is 17.6. The lowest BCUT2D eigenvalue weighted by Crippen LogP contribution is -2.26. The van der Waals surface area contributed by atoms with Gasteiger partial charge in [0.2, 0.25) is 0 Å². The van der Waals surface area contributed by atoms with E-state index in [0.717, 1.165) is 13.0 Å². The van der Waals surface area contributed by atoms with Crippen LogP contribution in [0.15, 0.2) is 0 Å². The summed E-state index contributed by atoms with van der Waals surface area (Å²) in [7, 11) is -2.30. The van der Waals surface area contributed by atoms with Gasteiger partial charge in [-0.05, 0) is 31.9 Å². The summed E-state index contributed by atoms with van der Waals surface area (Å²) in [5, 5.41) is 3.27. The number of rotatable bonds is 2. The second kappa shape index (κ2) is 3.48. The minimum Gasteiger partial charge on any atom is -0.413 e. The van der Waals surface area contributed by atoms with Crippen molar-refractivity contribution in [1.82, 2.24) is 5.32 Å². The van der Waals surface area contributed by atoms with E-state index in [2.05, 4.69) is 12.2 Å².